The number of benzene rings is 1. The van der Waals surface area contributed by atoms with Crippen LogP contribution in [0.25, 0.3) is 0 Å². The van der Waals surface area contributed by atoms with E-state index in [1.165, 1.54) is 5.56 Å². The fourth-order valence-electron chi connectivity index (χ4n) is 1.98. The first-order chi connectivity index (χ1) is 8.97. The molecule has 0 aliphatic carbocycles. The molecule has 0 fully saturated rings. The highest BCUT2D eigenvalue weighted by Gasteiger charge is 2.10. The Morgan fingerprint density at radius 3 is 2.42 bits per heavy atom. The van der Waals surface area contributed by atoms with E-state index in [0.29, 0.717) is 18.9 Å². The molecule has 0 saturated heterocycles. The maximum atomic E-state index is 11.6. The van der Waals surface area contributed by atoms with Crippen LogP contribution < -0.4 is 5.32 Å². The molecule has 0 aromatic heterocycles. The third-order valence-corrected chi connectivity index (χ3v) is 2.85. The van der Waals surface area contributed by atoms with Crippen molar-refractivity contribution < 1.29 is 9.53 Å². The number of hydrogen-bond acceptors (Lipinski definition) is 3. The molecule has 0 saturated carbocycles. The van der Waals surface area contributed by atoms with Gasteiger partial charge in [0, 0.05) is 12.2 Å². The number of carbonyl (C=O) groups is 1. The Labute approximate surface area is 116 Å². The zero-order valence-corrected chi connectivity index (χ0v) is 12.4. The van der Waals surface area contributed by atoms with Crippen LogP contribution >= 0.6 is 0 Å². The van der Waals surface area contributed by atoms with Gasteiger partial charge in [0.2, 0.25) is 0 Å². The summed E-state index contributed by atoms with van der Waals surface area (Å²) in [6.07, 6.45) is 1.32. The van der Waals surface area contributed by atoms with Crippen molar-refractivity contribution in [1.82, 2.24) is 0 Å². The number of esters is 1. The summed E-state index contributed by atoms with van der Waals surface area (Å²) in [5, 5.41) is 3.22. The Bertz CT molecular complexity index is 384. The van der Waals surface area contributed by atoms with Crippen LogP contribution in [0.2, 0.25) is 0 Å². The van der Waals surface area contributed by atoms with E-state index in [2.05, 4.69) is 26.1 Å². The molecule has 1 N–H and O–H groups in total. The second kappa shape index (κ2) is 7.82. The maximum absolute atomic E-state index is 11.6. The first-order valence-corrected chi connectivity index (χ1v) is 6.97. The molecule has 1 atom stereocenters. The molecule has 1 rings (SSSR count). The highest BCUT2D eigenvalue weighted by molar-refractivity contribution is 5.70. The predicted octanol–water partition coefficient (Wildman–Crippen LogP) is 3.77. The summed E-state index contributed by atoms with van der Waals surface area (Å²) in [5.74, 6) is 0.418. The summed E-state index contributed by atoms with van der Waals surface area (Å²) < 4.78 is 5.34. The van der Waals surface area contributed by atoms with Gasteiger partial charge in [-0.05, 0) is 38.3 Å². The molecule has 0 heterocycles. The van der Waals surface area contributed by atoms with E-state index in [0.717, 1.165) is 12.1 Å². The molecule has 0 bridgehead atoms. The third-order valence-electron chi connectivity index (χ3n) is 2.85. The SMILES string of the molecule is Cc1ccc(NCCC(=O)OC(C)CC(C)C)cc1. The lowest BCUT2D eigenvalue weighted by atomic mass is 10.1. The standard InChI is InChI=1S/C16H25NO2/c1-12(2)11-14(4)19-16(18)9-10-17-15-7-5-13(3)6-8-15/h5-8,12,14,17H,9-11H2,1-4H3. The lowest BCUT2D eigenvalue weighted by Gasteiger charge is -2.15. The van der Waals surface area contributed by atoms with Crippen molar-refractivity contribution in [3.8, 4) is 0 Å². The van der Waals surface area contributed by atoms with Crippen molar-refractivity contribution in [1.29, 1.82) is 0 Å². The van der Waals surface area contributed by atoms with E-state index in [1.807, 2.05) is 31.2 Å². The van der Waals surface area contributed by atoms with Crippen LogP contribution in [0.1, 0.15) is 39.2 Å². The zero-order valence-electron chi connectivity index (χ0n) is 12.4. The van der Waals surface area contributed by atoms with Crippen LogP contribution in [0.15, 0.2) is 24.3 Å². The summed E-state index contributed by atoms with van der Waals surface area (Å²) in [7, 11) is 0. The minimum atomic E-state index is -0.132. The monoisotopic (exact) mass is 263 g/mol. The van der Waals surface area contributed by atoms with Gasteiger partial charge in [0.25, 0.3) is 0 Å². The van der Waals surface area contributed by atoms with Gasteiger partial charge in [0.05, 0.1) is 12.5 Å². The van der Waals surface area contributed by atoms with Crippen LogP contribution in [0, 0.1) is 12.8 Å². The van der Waals surface area contributed by atoms with Crippen LogP contribution in [0.5, 0.6) is 0 Å². The largest absolute Gasteiger partial charge is 0.463 e. The molecular weight excluding hydrogens is 238 g/mol. The molecule has 0 radical (unpaired) electrons. The highest BCUT2D eigenvalue weighted by Crippen LogP contribution is 2.10. The van der Waals surface area contributed by atoms with Gasteiger partial charge in [-0.25, -0.2) is 0 Å². The highest BCUT2D eigenvalue weighted by atomic mass is 16.5. The first kappa shape index (κ1) is 15.5. The van der Waals surface area contributed by atoms with Gasteiger partial charge in [-0.3, -0.25) is 4.79 Å². The van der Waals surface area contributed by atoms with Crippen molar-refractivity contribution in [2.45, 2.75) is 46.6 Å². The van der Waals surface area contributed by atoms with Crippen molar-refractivity contribution in [3.05, 3.63) is 29.8 Å². The molecule has 0 amide bonds. The molecule has 19 heavy (non-hydrogen) atoms. The predicted molar refractivity (Wildman–Crippen MR) is 79.3 cm³/mol. The van der Waals surface area contributed by atoms with Crippen LogP contribution in [-0.4, -0.2) is 18.6 Å². The summed E-state index contributed by atoms with van der Waals surface area (Å²) in [4.78, 5) is 11.6. The van der Waals surface area contributed by atoms with Crippen molar-refractivity contribution >= 4 is 11.7 Å². The summed E-state index contributed by atoms with van der Waals surface area (Å²) in [6, 6.07) is 8.13. The molecule has 0 aliphatic rings. The van der Waals surface area contributed by atoms with E-state index in [-0.39, 0.29) is 12.1 Å². The Morgan fingerprint density at radius 2 is 1.84 bits per heavy atom. The smallest absolute Gasteiger partial charge is 0.307 e. The first-order valence-electron chi connectivity index (χ1n) is 6.97. The van der Waals surface area contributed by atoms with Crippen molar-refractivity contribution in [3.63, 3.8) is 0 Å². The Morgan fingerprint density at radius 1 is 1.21 bits per heavy atom. The minimum Gasteiger partial charge on any atom is -0.463 e. The van der Waals surface area contributed by atoms with Gasteiger partial charge >= 0.3 is 5.97 Å². The van der Waals surface area contributed by atoms with Crippen molar-refractivity contribution in [2.75, 3.05) is 11.9 Å². The van der Waals surface area contributed by atoms with Gasteiger partial charge in [-0.2, -0.15) is 0 Å². The number of carbonyl (C=O) groups excluding carboxylic acids is 1. The van der Waals surface area contributed by atoms with Crippen LogP contribution in [-0.2, 0) is 9.53 Å². The van der Waals surface area contributed by atoms with Crippen LogP contribution in [0.4, 0.5) is 5.69 Å². The molecule has 0 spiro atoms. The molecule has 1 unspecified atom stereocenters. The van der Waals surface area contributed by atoms with Gasteiger partial charge < -0.3 is 10.1 Å². The molecule has 1 aromatic rings. The van der Waals surface area contributed by atoms with E-state index in [9.17, 15) is 4.79 Å². The average molecular weight is 263 g/mol. The Kier molecular flexibility index (Phi) is 6.40. The number of aryl methyl sites for hydroxylation is 1. The lowest BCUT2D eigenvalue weighted by molar-refractivity contribution is -0.148. The lowest BCUT2D eigenvalue weighted by Crippen LogP contribution is -2.19. The summed E-state index contributed by atoms with van der Waals surface area (Å²) in [6.45, 7) is 8.87. The zero-order chi connectivity index (χ0) is 14.3. The number of hydrogen-bond donors (Lipinski definition) is 1. The van der Waals surface area contributed by atoms with Gasteiger partial charge in [0.15, 0.2) is 0 Å². The Balaban J connectivity index is 2.21. The second-order valence-corrected chi connectivity index (χ2v) is 5.47. The number of rotatable bonds is 7. The fraction of sp³-hybridized carbons (Fsp3) is 0.562. The molecule has 0 aliphatic heterocycles. The van der Waals surface area contributed by atoms with Gasteiger partial charge in [-0.1, -0.05) is 31.5 Å². The molecule has 1 aromatic carbocycles. The topological polar surface area (TPSA) is 38.3 Å². The summed E-state index contributed by atoms with van der Waals surface area (Å²) in [5.41, 5.74) is 2.26. The molecule has 3 heteroatoms. The van der Waals surface area contributed by atoms with E-state index < -0.39 is 0 Å². The van der Waals surface area contributed by atoms with Gasteiger partial charge in [0.1, 0.15) is 0 Å². The molecule has 106 valence electrons. The summed E-state index contributed by atoms with van der Waals surface area (Å²) >= 11 is 0. The molecule has 3 nitrogen and oxygen atoms in total. The number of ether oxygens (including phenoxy) is 1. The fourth-order valence-corrected chi connectivity index (χ4v) is 1.98. The van der Waals surface area contributed by atoms with Crippen LogP contribution in [0.3, 0.4) is 0 Å². The van der Waals surface area contributed by atoms with Gasteiger partial charge in [-0.15, -0.1) is 0 Å². The quantitative estimate of drug-likeness (QED) is 0.761. The molecular formula is C16H25NO2. The third kappa shape index (κ3) is 6.85. The Hall–Kier alpha value is -1.51. The maximum Gasteiger partial charge on any atom is 0.307 e. The second-order valence-electron chi connectivity index (χ2n) is 5.47. The van der Waals surface area contributed by atoms with E-state index >= 15 is 0 Å². The minimum absolute atomic E-state index is 0.00637. The number of nitrogens with one attached hydrogen (secondary N) is 1. The van der Waals surface area contributed by atoms with E-state index in [1.54, 1.807) is 0 Å². The number of anilines is 1. The van der Waals surface area contributed by atoms with E-state index in [4.69, 9.17) is 4.74 Å². The average Bonchev–Trinajstić information content (AvgIpc) is 2.30. The van der Waals surface area contributed by atoms with Crippen molar-refractivity contribution in [2.24, 2.45) is 5.92 Å². The normalized spacial score (nSPS) is 12.3.